The van der Waals surface area contributed by atoms with Crippen LogP contribution in [0.5, 0.6) is 5.75 Å². The number of amides is 1. The van der Waals surface area contributed by atoms with Gasteiger partial charge in [-0.15, -0.1) is 0 Å². The van der Waals surface area contributed by atoms with Gasteiger partial charge >= 0.3 is 0 Å². The van der Waals surface area contributed by atoms with Gasteiger partial charge in [0.05, 0.1) is 12.7 Å². The summed E-state index contributed by atoms with van der Waals surface area (Å²) in [6.45, 7) is 2.51. The minimum atomic E-state index is -0.0607. The van der Waals surface area contributed by atoms with E-state index in [0.29, 0.717) is 37.4 Å². The van der Waals surface area contributed by atoms with Crippen molar-refractivity contribution >= 4 is 11.7 Å². The maximum atomic E-state index is 12.1. The topological polar surface area (TPSA) is 75.0 Å². The molecule has 0 aliphatic heterocycles. The number of nitrogens with one attached hydrogen (secondary N) is 1. The summed E-state index contributed by atoms with van der Waals surface area (Å²) < 4.78 is 5.60. The molecule has 0 unspecified atom stereocenters. The first kappa shape index (κ1) is 19.5. The highest BCUT2D eigenvalue weighted by atomic mass is 16.5. The summed E-state index contributed by atoms with van der Waals surface area (Å²) in [6.07, 6.45) is 5.94. The molecule has 0 fully saturated rings. The number of anilines is 1. The zero-order valence-corrected chi connectivity index (χ0v) is 15.2. The van der Waals surface area contributed by atoms with Crippen LogP contribution in [0.4, 0.5) is 5.82 Å². The van der Waals surface area contributed by atoms with Crippen molar-refractivity contribution in [3.05, 3.63) is 53.7 Å². The number of nitriles is 1. The molecule has 0 aliphatic carbocycles. The summed E-state index contributed by atoms with van der Waals surface area (Å²) >= 11 is 0. The average Bonchev–Trinajstić information content (AvgIpc) is 2.65. The van der Waals surface area contributed by atoms with E-state index >= 15 is 0 Å². The van der Waals surface area contributed by atoms with Crippen LogP contribution in [-0.4, -0.2) is 17.5 Å². The van der Waals surface area contributed by atoms with Crippen molar-refractivity contribution in [2.24, 2.45) is 0 Å². The second-order valence-electron chi connectivity index (χ2n) is 6.20. The van der Waals surface area contributed by atoms with Gasteiger partial charge in [0, 0.05) is 19.0 Å². The minimum Gasteiger partial charge on any atom is -0.490 e. The Bertz CT molecular complexity index is 736. The maximum absolute atomic E-state index is 12.1. The fourth-order valence-electron chi connectivity index (χ4n) is 2.50. The van der Waals surface area contributed by atoms with Gasteiger partial charge < -0.3 is 10.1 Å². The summed E-state index contributed by atoms with van der Waals surface area (Å²) in [7, 11) is 0. The lowest BCUT2D eigenvalue weighted by Gasteiger charge is -2.11. The normalized spacial score (nSPS) is 10.2. The van der Waals surface area contributed by atoms with E-state index < -0.39 is 0 Å². The molecule has 0 atom stereocenters. The van der Waals surface area contributed by atoms with Crippen LogP contribution in [0.15, 0.2) is 42.6 Å². The Labute approximate surface area is 155 Å². The molecule has 1 amide bonds. The number of carbonyl (C=O) groups excluding carboxylic acids is 1. The Morgan fingerprint density at radius 1 is 1.19 bits per heavy atom. The van der Waals surface area contributed by atoms with Crippen molar-refractivity contribution < 1.29 is 9.53 Å². The van der Waals surface area contributed by atoms with E-state index in [0.717, 1.165) is 19.3 Å². The van der Waals surface area contributed by atoms with Crippen molar-refractivity contribution in [1.29, 1.82) is 5.26 Å². The summed E-state index contributed by atoms with van der Waals surface area (Å²) in [4.78, 5) is 16.3. The van der Waals surface area contributed by atoms with Crippen LogP contribution in [0.25, 0.3) is 0 Å². The molecule has 0 radical (unpaired) electrons. The molecule has 26 heavy (non-hydrogen) atoms. The highest BCUT2D eigenvalue weighted by molar-refractivity contribution is 5.91. The number of ether oxygens (including phenoxy) is 1. The van der Waals surface area contributed by atoms with E-state index in [1.54, 1.807) is 18.3 Å². The molecule has 1 aromatic carbocycles. The number of pyridine rings is 1. The van der Waals surface area contributed by atoms with Gasteiger partial charge in [-0.2, -0.15) is 5.26 Å². The van der Waals surface area contributed by atoms with Crippen molar-refractivity contribution in [1.82, 2.24) is 4.98 Å². The maximum Gasteiger partial charge on any atom is 0.225 e. The third kappa shape index (κ3) is 6.94. The SMILES string of the molecule is Cc1ccc(CCCCC(=O)Nc2ncccc2OCCCC#N)cc1. The van der Waals surface area contributed by atoms with Gasteiger partial charge in [0.15, 0.2) is 11.6 Å². The Morgan fingerprint density at radius 3 is 2.77 bits per heavy atom. The van der Waals surface area contributed by atoms with Crippen LogP contribution in [0, 0.1) is 18.3 Å². The standard InChI is InChI=1S/C21H25N3O2/c1-17-10-12-18(13-11-17)7-2-3-9-20(25)24-21-19(8-6-15-23-21)26-16-5-4-14-22/h6,8,10-13,15H,2-5,7,9,16H2,1H3,(H,23,24,25). The highest BCUT2D eigenvalue weighted by Crippen LogP contribution is 2.21. The molecule has 5 nitrogen and oxygen atoms in total. The lowest BCUT2D eigenvalue weighted by molar-refractivity contribution is -0.116. The summed E-state index contributed by atoms with van der Waals surface area (Å²) in [5.74, 6) is 0.918. The van der Waals surface area contributed by atoms with Crippen molar-refractivity contribution in [3.8, 4) is 11.8 Å². The van der Waals surface area contributed by atoms with Crippen LogP contribution in [0.2, 0.25) is 0 Å². The zero-order chi connectivity index (χ0) is 18.6. The molecule has 1 aromatic heterocycles. The molecule has 136 valence electrons. The Hall–Kier alpha value is -2.87. The predicted octanol–water partition coefficient (Wildman–Crippen LogP) is 4.42. The quantitative estimate of drug-likeness (QED) is 0.643. The monoisotopic (exact) mass is 351 g/mol. The number of rotatable bonds is 10. The minimum absolute atomic E-state index is 0.0607. The molecule has 5 heteroatoms. The van der Waals surface area contributed by atoms with E-state index in [1.165, 1.54) is 11.1 Å². The van der Waals surface area contributed by atoms with Crippen molar-refractivity contribution in [3.63, 3.8) is 0 Å². The van der Waals surface area contributed by atoms with E-state index in [4.69, 9.17) is 10.00 Å². The molecule has 0 bridgehead atoms. The van der Waals surface area contributed by atoms with E-state index in [9.17, 15) is 4.79 Å². The number of aromatic nitrogens is 1. The largest absolute Gasteiger partial charge is 0.490 e. The third-order valence-electron chi connectivity index (χ3n) is 3.96. The van der Waals surface area contributed by atoms with Gasteiger partial charge in [0.1, 0.15) is 0 Å². The third-order valence-corrected chi connectivity index (χ3v) is 3.96. The Kier molecular flexibility index (Phi) is 8.14. The molecule has 0 saturated carbocycles. The number of aryl methyl sites for hydroxylation is 2. The van der Waals surface area contributed by atoms with Crippen LogP contribution in [0.3, 0.4) is 0 Å². The van der Waals surface area contributed by atoms with Crippen LogP contribution >= 0.6 is 0 Å². The second kappa shape index (κ2) is 10.9. The molecule has 1 N–H and O–H groups in total. The number of carbonyl (C=O) groups is 1. The molecular weight excluding hydrogens is 326 g/mol. The van der Waals surface area contributed by atoms with Crippen molar-refractivity contribution in [2.45, 2.75) is 45.4 Å². The van der Waals surface area contributed by atoms with Crippen LogP contribution in [-0.2, 0) is 11.2 Å². The molecule has 0 aliphatic rings. The van der Waals surface area contributed by atoms with Gasteiger partial charge in [-0.05, 0) is 50.3 Å². The molecule has 2 rings (SSSR count). The van der Waals surface area contributed by atoms with E-state index in [-0.39, 0.29) is 5.91 Å². The first-order chi connectivity index (χ1) is 12.7. The highest BCUT2D eigenvalue weighted by Gasteiger charge is 2.09. The van der Waals surface area contributed by atoms with Gasteiger partial charge in [-0.3, -0.25) is 4.79 Å². The van der Waals surface area contributed by atoms with Crippen LogP contribution < -0.4 is 10.1 Å². The number of nitrogens with zero attached hydrogens (tertiary/aromatic N) is 2. The van der Waals surface area contributed by atoms with Gasteiger partial charge in [-0.1, -0.05) is 29.8 Å². The molecule has 0 saturated heterocycles. The molecule has 1 heterocycles. The first-order valence-corrected chi connectivity index (χ1v) is 8.99. The fourth-order valence-corrected chi connectivity index (χ4v) is 2.50. The average molecular weight is 351 g/mol. The van der Waals surface area contributed by atoms with Gasteiger partial charge in [-0.25, -0.2) is 4.98 Å². The van der Waals surface area contributed by atoms with Gasteiger partial charge in [0.25, 0.3) is 0 Å². The summed E-state index contributed by atoms with van der Waals surface area (Å²) in [5, 5.41) is 11.4. The lowest BCUT2D eigenvalue weighted by atomic mass is 10.1. The number of hydrogen-bond donors (Lipinski definition) is 1. The summed E-state index contributed by atoms with van der Waals surface area (Å²) in [6, 6.07) is 14.1. The second-order valence-corrected chi connectivity index (χ2v) is 6.20. The van der Waals surface area contributed by atoms with E-state index in [2.05, 4.69) is 47.6 Å². The number of benzene rings is 1. The molecular formula is C21H25N3O2. The lowest BCUT2D eigenvalue weighted by Crippen LogP contribution is -2.13. The van der Waals surface area contributed by atoms with Gasteiger partial charge in [0.2, 0.25) is 5.91 Å². The van der Waals surface area contributed by atoms with E-state index in [1.807, 2.05) is 0 Å². The molecule has 2 aromatic rings. The summed E-state index contributed by atoms with van der Waals surface area (Å²) in [5.41, 5.74) is 2.56. The first-order valence-electron chi connectivity index (χ1n) is 8.99. The Morgan fingerprint density at radius 2 is 2.00 bits per heavy atom. The predicted molar refractivity (Wildman–Crippen MR) is 102 cm³/mol. The fraction of sp³-hybridized carbons (Fsp3) is 0.381. The number of unbranched alkanes of at least 4 members (excludes halogenated alkanes) is 2. The smallest absolute Gasteiger partial charge is 0.225 e. The number of hydrogen-bond acceptors (Lipinski definition) is 4. The molecule has 0 spiro atoms. The van der Waals surface area contributed by atoms with Crippen molar-refractivity contribution in [2.75, 3.05) is 11.9 Å². The zero-order valence-electron chi connectivity index (χ0n) is 15.2. The Balaban J connectivity index is 1.73. The van der Waals surface area contributed by atoms with Crippen LogP contribution in [0.1, 0.15) is 43.2 Å².